The molecule has 0 aliphatic rings. The molecule has 1 aromatic carbocycles. The fraction of sp³-hybridized carbons (Fsp3) is 0.474. The molecule has 1 unspecified atom stereocenters. The monoisotopic (exact) mass is 372 g/mol. The van der Waals surface area contributed by atoms with Gasteiger partial charge in [-0.2, -0.15) is 0 Å². The number of aromatic amines is 1. The molecular formula is C19H28CaN2O3. The first-order valence-corrected chi connectivity index (χ1v) is 8.69. The molecule has 2 aromatic rings. The van der Waals surface area contributed by atoms with E-state index in [1.165, 1.54) is 6.42 Å². The van der Waals surface area contributed by atoms with E-state index < -0.39 is 12.0 Å². The van der Waals surface area contributed by atoms with E-state index in [1.807, 2.05) is 30.5 Å². The first-order chi connectivity index (χ1) is 11.6. The summed E-state index contributed by atoms with van der Waals surface area (Å²) in [5.41, 5.74) is 1.88. The van der Waals surface area contributed by atoms with Crippen LogP contribution in [-0.2, 0) is 16.0 Å². The molecule has 25 heavy (non-hydrogen) atoms. The summed E-state index contributed by atoms with van der Waals surface area (Å²) >= 11 is 0. The van der Waals surface area contributed by atoms with Gasteiger partial charge in [0, 0.05) is 29.9 Å². The second kappa shape index (κ2) is 11.6. The third-order valence-electron chi connectivity index (χ3n) is 4.24. The Morgan fingerprint density at radius 1 is 1.20 bits per heavy atom. The zero-order valence-corrected chi connectivity index (χ0v) is 17.1. The predicted octanol–water partition coefficient (Wildman–Crippen LogP) is 3.48. The van der Waals surface area contributed by atoms with Crippen LogP contribution in [0.5, 0.6) is 0 Å². The van der Waals surface area contributed by atoms with Gasteiger partial charge in [-0.1, -0.05) is 50.8 Å². The summed E-state index contributed by atoms with van der Waals surface area (Å²) in [6.45, 7) is 2.15. The summed E-state index contributed by atoms with van der Waals surface area (Å²) in [6.07, 6.45) is 7.78. The Balaban J connectivity index is 0. The van der Waals surface area contributed by atoms with Crippen LogP contribution in [0, 0.1) is 0 Å². The van der Waals surface area contributed by atoms with Crippen LogP contribution in [-0.4, -0.2) is 65.7 Å². The Bertz CT molecular complexity index is 694. The molecule has 1 amide bonds. The molecule has 3 N–H and O–H groups in total. The summed E-state index contributed by atoms with van der Waals surface area (Å²) in [5, 5.41) is 13.1. The maximum atomic E-state index is 12.0. The Morgan fingerprint density at radius 3 is 2.64 bits per heavy atom. The van der Waals surface area contributed by atoms with Gasteiger partial charge in [0.05, 0.1) is 0 Å². The SMILES string of the molecule is CCCCCCCC(=O)NC(Cc1c[nH]c2ccccc12)C(=O)O.[Ca+2].[H-].[H-]. The summed E-state index contributed by atoms with van der Waals surface area (Å²) in [7, 11) is 0. The Kier molecular flexibility index (Phi) is 10.2. The summed E-state index contributed by atoms with van der Waals surface area (Å²) in [6, 6.07) is 6.86. The maximum absolute atomic E-state index is 12.0. The van der Waals surface area contributed by atoms with Crippen LogP contribution in [0.15, 0.2) is 30.5 Å². The van der Waals surface area contributed by atoms with Crippen molar-refractivity contribution in [2.45, 2.75) is 57.9 Å². The molecule has 2 rings (SSSR count). The topological polar surface area (TPSA) is 82.2 Å². The number of unbranched alkanes of at least 4 members (excludes halogenated alkanes) is 4. The molecular weight excluding hydrogens is 344 g/mol. The number of carboxylic acid groups (broad SMARTS) is 1. The number of carboxylic acids is 1. The number of carbonyl (C=O) groups is 2. The number of fused-ring (bicyclic) bond motifs is 1. The van der Waals surface area contributed by atoms with E-state index >= 15 is 0 Å². The number of nitrogens with one attached hydrogen (secondary N) is 2. The van der Waals surface area contributed by atoms with E-state index in [2.05, 4.69) is 17.2 Å². The number of carbonyl (C=O) groups excluding carboxylic acids is 1. The minimum Gasteiger partial charge on any atom is -1.00 e. The largest absolute Gasteiger partial charge is 2.00 e. The molecule has 0 radical (unpaired) electrons. The molecule has 0 aliphatic carbocycles. The van der Waals surface area contributed by atoms with Crippen LogP contribution in [0.2, 0.25) is 0 Å². The van der Waals surface area contributed by atoms with Crippen molar-refractivity contribution in [2.24, 2.45) is 0 Å². The van der Waals surface area contributed by atoms with Gasteiger partial charge < -0.3 is 18.3 Å². The van der Waals surface area contributed by atoms with Gasteiger partial charge >= 0.3 is 43.7 Å². The zero-order valence-electron chi connectivity index (χ0n) is 16.9. The average Bonchev–Trinajstić information content (AvgIpc) is 2.97. The zero-order chi connectivity index (χ0) is 17.4. The number of aromatic nitrogens is 1. The van der Waals surface area contributed by atoms with Crippen LogP contribution < -0.4 is 5.32 Å². The Morgan fingerprint density at radius 2 is 1.92 bits per heavy atom. The maximum Gasteiger partial charge on any atom is 2.00 e. The molecule has 0 fully saturated rings. The van der Waals surface area contributed by atoms with Gasteiger partial charge in [0.2, 0.25) is 5.91 Å². The van der Waals surface area contributed by atoms with Gasteiger partial charge in [-0.25, -0.2) is 4.79 Å². The number of hydrogen-bond donors (Lipinski definition) is 3. The van der Waals surface area contributed by atoms with Crippen molar-refractivity contribution in [3.63, 3.8) is 0 Å². The molecule has 1 atom stereocenters. The van der Waals surface area contributed by atoms with E-state index in [4.69, 9.17) is 0 Å². The van der Waals surface area contributed by atoms with Crippen molar-refractivity contribution in [2.75, 3.05) is 0 Å². The predicted molar refractivity (Wildman–Crippen MR) is 103 cm³/mol. The number of H-pyrrole nitrogens is 1. The van der Waals surface area contributed by atoms with E-state index in [9.17, 15) is 14.7 Å². The van der Waals surface area contributed by atoms with Crippen molar-refractivity contribution < 1.29 is 17.5 Å². The molecule has 0 bridgehead atoms. The minimum absolute atomic E-state index is 0. The standard InChI is InChI=1S/C19H26N2O3.Ca.2H/c1-2-3-4-5-6-11-18(22)21-17(19(23)24)12-14-13-20-16-10-8-7-9-15(14)16;;;/h7-10,13,17,20H,2-6,11-12H2,1H3,(H,21,22)(H,23,24);;;/q;+2;2*-1. The first kappa shape index (κ1) is 22.0. The number of para-hydroxylation sites is 1. The van der Waals surface area contributed by atoms with E-state index in [0.29, 0.717) is 6.42 Å². The summed E-state index contributed by atoms with van der Waals surface area (Å²) < 4.78 is 0. The molecule has 6 heteroatoms. The van der Waals surface area contributed by atoms with Crippen molar-refractivity contribution >= 4 is 60.5 Å². The quantitative estimate of drug-likeness (QED) is 0.441. The molecule has 5 nitrogen and oxygen atoms in total. The van der Waals surface area contributed by atoms with Crippen LogP contribution in [0.1, 0.15) is 53.9 Å². The minimum atomic E-state index is -1.00. The van der Waals surface area contributed by atoms with Crippen LogP contribution in [0.25, 0.3) is 10.9 Å². The molecule has 0 aliphatic heterocycles. The van der Waals surface area contributed by atoms with Crippen LogP contribution in [0.3, 0.4) is 0 Å². The molecule has 0 saturated carbocycles. The molecule has 134 valence electrons. The van der Waals surface area contributed by atoms with Gasteiger partial charge in [0.25, 0.3) is 0 Å². The summed E-state index contributed by atoms with van der Waals surface area (Å²) in [4.78, 5) is 26.6. The number of aliphatic carboxylic acids is 1. The second-order valence-corrected chi connectivity index (χ2v) is 6.19. The fourth-order valence-electron chi connectivity index (χ4n) is 2.88. The Hall–Kier alpha value is -1.04. The number of hydrogen-bond acceptors (Lipinski definition) is 2. The summed E-state index contributed by atoms with van der Waals surface area (Å²) in [5.74, 6) is -1.18. The van der Waals surface area contributed by atoms with Gasteiger partial charge in [0.1, 0.15) is 6.04 Å². The molecule has 1 heterocycles. The molecule has 1 aromatic heterocycles. The van der Waals surface area contributed by atoms with Crippen molar-refractivity contribution in [3.8, 4) is 0 Å². The van der Waals surface area contributed by atoms with E-state index in [0.717, 1.165) is 42.1 Å². The van der Waals surface area contributed by atoms with Crippen molar-refractivity contribution in [1.29, 1.82) is 0 Å². The van der Waals surface area contributed by atoms with E-state index in [-0.39, 0.29) is 52.9 Å². The van der Waals surface area contributed by atoms with Gasteiger partial charge in [-0.15, -0.1) is 0 Å². The average molecular weight is 373 g/mol. The Labute approximate surface area is 181 Å². The fourth-order valence-corrected chi connectivity index (χ4v) is 2.88. The third kappa shape index (κ3) is 7.00. The van der Waals surface area contributed by atoms with E-state index in [1.54, 1.807) is 0 Å². The number of rotatable bonds is 10. The smallest absolute Gasteiger partial charge is 1.00 e. The number of benzene rings is 1. The van der Waals surface area contributed by atoms with Gasteiger partial charge in [-0.3, -0.25) is 4.79 Å². The first-order valence-electron chi connectivity index (χ1n) is 8.69. The van der Waals surface area contributed by atoms with Crippen LogP contribution >= 0.6 is 0 Å². The number of amides is 1. The van der Waals surface area contributed by atoms with Crippen LogP contribution in [0.4, 0.5) is 0 Å². The van der Waals surface area contributed by atoms with Gasteiger partial charge in [-0.05, 0) is 18.1 Å². The molecule has 0 saturated heterocycles. The second-order valence-electron chi connectivity index (χ2n) is 6.19. The molecule has 0 spiro atoms. The third-order valence-corrected chi connectivity index (χ3v) is 4.24. The van der Waals surface area contributed by atoms with Crippen molar-refractivity contribution in [3.05, 3.63) is 36.0 Å². The normalized spacial score (nSPS) is 11.7. The van der Waals surface area contributed by atoms with Gasteiger partial charge in [0.15, 0.2) is 0 Å². The van der Waals surface area contributed by atoms with Crippen molar-refractivity contribution in [1.82, 2.24) is 10.3 Å².